The molecule has 0 spiro atoms. The first-order valence-electron chi connectivity index (χ1n) is 11.6. The first kappa shape index (κ1) is 23.4. The summed E-state index contributed by atoms with van der Waals surface area (Å²) >= 11 is 0. The number of aromatic nitrogens is 2. The van der Waals surface area contributed by atoms with Gasteiger partial charge in [-0.2, -0.15) is 0 Å². The third kappa shape index (κ3) is 5.76. The maximum Gasteiger partial charge on any atom is 0.224 e. The summed E-state index contributed by atoms with van der Waals surface area (Å²) < 4.78 is 13.4. The van der Waals surface area contributed by atoms with E-state index in [1.165, 1.54) is 5.56 Å². The van der Waals surface area contributed by atoms with Crippen LogP contribution in [0, 0.1) is 13.8 Å². The van der Waals surface area contributed by atoms with Gasteiger partial charge < -0.3 is 19.4 Å². The van der Waals surface area contributed by atoms with Crippen molar-refractivity contribution in [3.05, 3.63) is 89.2 Å². The molecular weight excluding hydrogens is 426 g/mol. The fourth-order valence-electron chi connectivity index (χ4n) is 4.08. The molecule has 6 heteroatoms. The number of para-hydroxylation sites is 2. The molecule has 0 unspecified atom stereocenters. The van der Waals surface area contributed by atoms with Crippen molar-refractivity contribution in [2.45, 2.75) is 33.2 Å². The predicted molar refractivity (Wildman–Crippen MR) is 135 cm³/mol. The van der Waals surface area contributed by atoms with E-state index in [9.17, 15) is 4.79 Å². The van der Waals surface area contributed by atoms with Gasteiger partial charge >= 0.3 is 0 Å². The van der Waals surface area contributed by atoms with Gasteiger partial charge in [0, 0.05) is 13.0 Å². The first-order valence-corrected chi connectivity index (χ1v) is 11.6. The standard InChI is InChI=1S/C28H31N3O3/c1-20-8-13-26(21(2)18-20)34-17-16-31-25-7-5-4-6-24(25)30-27(31)14-15-29-28(32)19-22-9-11-23(33-3)12-10-22/h4-13,18H,14-17,19H2,1-3H3,(H,29,32). The molecule has 0 aliphatic carbocycles. The lowest BCUT2D eigenvalue weighted by molar-refractivity contribution is -0.120. The third-order valence-electron chi connectivity index (χ3n) is 5.83. The van der Waals surface area contributed by atoms with Gasteiger partial charge in [0.05, 0.1) is 31.1 Å². The zero-order valence-corrected chi connectivity index (χ0v) is 20.0. The molecule has 3 aromatic carbocycles. The Kier molecular flexibility index (Phi) is 7.48. The highest BCUT2D eigenvalue weighted by molar-refractivity contribution is 5.78. The lowest BCUT2D eigenvalue weighted by atomic mass is 10.1. The normalized spacial score (nSPS) is 10.9. The van der Waals surface area contributed by atoms with Crippen molar-refractivity contribution in [1.82, 2.24) is 14.9 Å². The number of fused-ring (bicyclic) bond motifs is 1. The minimum atomic E-state index is -0.00833. The van der Waals surface area contributed by atoms with Crippen LogP contribution in [-0.4, -0.2) is 35.7 Å². The summed E-state index contributed by atoms with van der Waals surface area (Å²) in [5.74, 6) is 2.62. The minimum Gasteiger partial charge on any atom is -0.497 e. The van der Waals surface area contributed by atoms with E-state index in [-0.39, 0.29) is 5.91 Å². The number of nitrogens with zero attached hydrogens (tertiary/aromatic N) is 2. The average molecular weight is 458 g/mol. The maximum atomic E-state index is 12.4. The number of aryl methyl sites for hydroxylation is 2. The van der Waals surface area contributed by atoms with Crippen molar-refractivity contribution in [1.29, 1.82) is 0 Å². The Labute approximate surface area is 200 Å². The maximum absolute atomic E-state index is 12.4. The summed E-state index contributed by atoms with van der Waals surface area (Å²) in [6, 6.07) is 21.9. The van der Waals surface area contributed by atoms with Crippen LogP contribution in [0.5, 0.6) is 11.5 Å². The number of rotatable bonds is 10. The van der Waals surface area contributed by atoms with Crippen LogP contribution in [0.4, 0.5) is 0 Å². The second kappa shape index (κ2) is 10.9. The third-order valence-corrected chi connectivity index (χ3v) is 5.83. The Morgan fingerprint density at radius 2 is 1.82 bits per heavy atom. The Balaban J connectivity index is 1.36. The summed E-state index contributed by atoms with van der Waals surface area (Å²) in [5.41, 5.74) is 5.34. The van der Waals surface area contributed by atoms with Gasteiger partial charge in [0.1, 0.15) is 23.9 Å². The highest BCUT2D eigenvalue weighted by Gasteiger charge is 2.12. The van der Waals surface area contributed by atoms with Crippen molar-refractivity contribution in [3.8, 4) is 11.5 Å². The molecule has 1 amide bonds. The molecule has 1 N–H and O–H groups in total. The van der Waals surface area contributed by atoms with Crippen LogP contribution in [-0.2, 0) is 24.2 Å². The highest BCUT2D eigenvalue weighted by Crippen LogP contribution is 2.20. The van der Waals surface area contributed by atoms with Crippen molar-refractivity contribution in [2.75, 3.05) is 20.3 Å². The van der Waals surface area contributed by atoms with Crippen LogP contribution in [0.15, 0.2) is 66.7 Å². The van der Waals surface area contributed by atoms with Crippen LogP contribution in [0.2, 0.25) is 0 Å². The molecule has 1 heterocycles. The predicted octanol–water partition coefficient (Wildman–Crippen LogP) is 4.64. The fourth-order valence-corrected chi connectivity index (χ4v) is 4.08. The van der Waals surface area contributed by atoms with Crippen LogP contribution in [0.1, 0.15) is 22.5 Å². The molecule has 0 saturated heterocycles. The quantitative estimate of drug-likeness (QED) is 0.377. The van der Waals surface area contributed by atoms with E-state index in [0.717, 1.165) is 39.5 Å². The molecule has 0 aliphatic heterocycles. The summed E-state index contributed by atoms with van der Waals surface area (Å²) in [7, 11) is 1.63. The molecular formula is C28H31N3O3. The van der Waals surface area contributed by atoms with Gasteiger partial charge in [0.2, 0.25) is 5.91 Å². The molecule has 0 bridgehead atoms. The largest absolute Gasteiger partial charge is 0.497 e. The number of imidazole rings is 1. The van der Waals surface area contributed by atoms with Crippen molar-refractivity contribution in [2.24, 2.45) is 0 Å². The number of carbonyl (C=O) groups is 1. The topological polar surface area (TPSA) is 65.4 Å². The Morgan fingerprint density at radius 1 is 1.03 bits per heavy atom. The lowest BCUT2D eigenvalue weighted by Crippen LogP contribution is -2.28. The zero-order valence-electron chi connectivity index (χ0n) is 20.0. The van der Waals surface area contributed by atoms with Gasteiger partial charge in [-0.3, -0.25) is 4.79 Å². The molecule has 0 atom stereocenters. The highest BCUT2D eigenvalue weighted by atomic mass is 16.5. The van der Waals surface area contributed by atoms with E-state index in [2.05, 4.69) is 41.9 Å². The van der Waals surface area contributed by atoms with E-state index in [0.29, 0.717) is 32.5 Å². The Bertz CT molecular complexity index is 1260. The number of carbonyl (C=O) groups excluding carboxylic acids is 1. The van der Waals surface area contributed by atoms with Gasteiger partial charge in [-0.25, -0.2) is 4.98 Å². The van der Waals surface area contributed by atoms with Gasteiger partial charge in [0.15, 0.2) is 0 Å². The van der Waals surface area contributed by atoms with Gasteiger partial charge in [-0.15, -0.1) is 0 Å². The van der Waals surface area contributed by atoms with Gasteiger partial charge in [-0.1, -0.05) is 42.0 Å². The van der Waals surface area contributed by atoms with E-state index >= 15 is 0 Å². The van der Waals surface area contributed by atoms with E-state index in [4.69, 9.17) is 14.5 Å². The molecule has 1 aromatic heterocycles. The number of methoxy groups -OCH3 is 1. The van der Waals surface area contributed by atoms with E-state index < -0.39 is 0 Å². The first-order chi connectivity index (χ1) is 16.5. The van der Waals surface area contributed by atoms with Crippen molar-refractivity contribution >= 4 is 16.9 Å². The van der Waals surface area contributed by atoms with Crippen molar-refractivity contribution < 1.29 is 14.3 Å². The lowest BCUT2D eigenvalue weighted by Gasteiger charge is -2.13. The zero-order chi connectivity index (χ0) is 23.9. The minimum absolute atomic E-state index is 0.00833. The molecule has 0 radical (unpaired) electrons. The molecule has 176 valence electrons. The summed E-state index contributed by atoms with van der Waals surface area (Å²) in [6.45, 7) is 5.89. The molecule has 0 fully saturated rings. The second-order valence-corrected chi connectivity index (χ2v) is 8.41. The number of hydrogen-bond donors (Lipinski definition) is 1. The Morgan fingerprint density at radius 3 is 2.59 bits per heavy atom. The molecule has 34 heavy (non-hydrogen) atoms. The molecule has 6 nitrogen and oxygen atoms in total. The number of ether oxygens (including phenoxy) is 2. The number of benzene rings is 3. The second-order valence-electron chi connectivity index (χ2n) is 8.41. The fraction of sp³-hybridized carbons (Fsp3) is 0.286. The molecule has 0 aliphatic rings. The van der Waals surface area contributed by atoms with Crippen LogP contribution < -0.4 is 14.8 Å². The summed E-state index contributed by atoms with van der Waals surface area (Å²) in [5, 5.41) is 3.02. The van der Waals surface area contributed by atoms with E-state index in [1.54, 1.807) is 7.11 Å². The number of amides is 1. The monoisotopic (exact) mass is 457 g/mol. The Hall–Kier alpha value is -3.80. The van der Waals surface area contributed by atoms with E-state index in [1.807, 2.05) is 48.5 Å². The van der Waals surface area contributed by atoms with Crippen LogP contribution in [0.3, 0.4) is 0 Å². The SMILES string of the molecule is COc1ccc(CC(=O)NCCc2nc3ccccc3n2CCOc2ccc(C)cc2C)cc1. The van der Waals surface area contributed by atoms with Crippen molar-refractivity contribution in [3.63, 3.8) is 0 Å². The number of hydrogen-bond acceptors (Lipinski definition) is 4. The molecule has 4 rings (SSSR count). The van der Waals surface area contributed by atoms with Crippen LogP contribution in [0.25, 0.3) is 11.0 Å². The molecule has 0 saturated carbocycles. The smallest absolute Gasteiger partial charge is 0.224 e. The van der Waals surface area contributed by atoms with Gasteiger partial charge in [-0.05, 0) is 55.3 Å². The summed E-state index contributed by atoms with van der Waals surface area (Å²) in [6.07, 6.45) is 0.983. The number of nitrogens with one attached hydrogen (secondary N) is 1. The molecule has 4 aromatic rings. The average Bonchev–Trinajstić information content (AvgIpc) is 3.18. The van der Waals surface area contributed by atoms with Gasteiger partial charge in [0.25, 0.3) is 0 Å². The van der Waals surface area contributed by atoms with Crippen LogP contribution >= 0.6 is 0 Å². The summed E-state index contributed by atoms with van der Waals surface area (Å²) in [4.78, 5) is 17.2.